The summed E-state index contributed by atoms with van der Waals surface area (Å²) < 4.78 is 32.2. The molecular weight excluding hydrogens is 432 g/mol. The van der Waals surface area contributed by atoms with Gasteiger partial charge in [-0.3, -0.25) is 10.0 Å². The fourth-order valence-electron chi connectivity index (χ4n) is 4.66. The van der Waals surface area contributed by atoms with Crippen LogP contribution in [-0.4, -0.2) is 93.0 Å². The molecule has 2 saturated heterocycles. The van der Waals surface area contributed by atoms with Crippen LogP contribution in [-0.2, 0) is 26.0 Å². The molecule has 3 rings (SSSR count). The maximum absolute atomic E-state index is 13.6. The number of methoxy groups -OCH3 is 1. The fourth-order valence-corrected chi connectivity index (χ4v) is 6.77. The second-order valence-electron chi connectivity index (χ2n) is 8.58. The van der Waals surface area contributed by atoms with Gasteiger partial charge in [0.25, 0.3) is 5.91 Å². The quantitative estimate of drug-likeness (QED) is 0.413. The van der Waals surface area contributed by atoms with E-state index >= 15 is 0 Å². The van der Waals surface area contributed by atoms with Crippen molar-refractivity contribution in [2.45, 2.75) is 37.4 Å². The molecule has 0 aliphatic carbocycles. The second-order valence-corrected chi connectivity index (χ2v) is 10.8. The minimum Gasteiger partial charge on any atom is -0.383 e. The van der Waals surface area contributed by atoms with Crippen molar-refractivity contribution in [1.29, 1.82) is 0 Å². The zero-order chi connectivity index (χ0) is 23.2. The molecular formula is C22H36N4O5S. The summed E-state index contributed by atoms with van der Waals surface area (Å²) in [6.45, 7) is 6.05. The van der Waals surface area contributed by atoms with Crippen LogP contribution in [0.5, 0.6) is 0 Å². The van der Waals surface area contributed by atoms with Gasteiger partial charge >= 0.3 is 0 Å². The molecule has 1 amide bonds. The van der Waals surface area contributed by atoms with E-state index in [1.54, 1.807) is 12.6 Å². The molecule has 0 saturated carbocycles. The summed E-state index contributed by atoms with van der Waals surface area (Å²) in [6.07, 6.45) is 2.43. The maximum Gasteiger partial charge on any atom is 0.266 e. The summed E-state index contributed by atoms with van der Waals surface area (Å²) in [7, 11) is -2.32. The number of hydrogen-bond acceptors (Lipinski definition) is 7. The van der Waals surface area contributed by atoms with Crippen molar-refractivity contribution in [2.75, 3.05) is 64.4 Å². The Balaban J connectivity index is 1.68. The van der Waals surface area contributed by atoms with E-state index in [-0.39, 0.29) is 12.8 Å². The molecule has 1 aromatic rings. The number of aryl methyl sites for hydroxylation is 1. The Kier molecular flexibility index (Phi) is 8.51. The number of anilines is 1. The van der Waals surface area contributed by atoms with E-state index in [1.165, 1.54) is 9.87 Å². The topological polar surface area (TPSA) is 102 Å². The van der Waals surface area contributed by atoms with E-state index in [0.29, 0.717) is 52.4 Å². The fraction of sp³-hybridized carbons (Fsp3) is 0.682. The van der Waals surface area contributed by atoms with Crippen LogP contribution in [0.1, 0.15) is 31.7 Å². The molecule has 0 radical (unpaired) electrons. The number of piperazine rings is 1. The van der Waals surface area contributed by atoms with Gasteiger partial charge in [0.05, 0.1) is 6.61 Å². The molecule has 0 spiro atoms. The van der Waals surface area contributed by atoms with Crippen LogP contribution in [0.4, 0.5) is 5.69 Å². The van der Waals surface area contributed by atoms with Crippen LogP contribution in [0.25, 0.3) is 0 Å². The number of amides is 1. The van der Waals surface area contributed by atoms with E-state index in [0.717, 1.165) is 18.5 Å². The van der Waals surface area contributed by atoms with Gasteiger partial charge in [0.2, 0.25) is 10.0 Å². The molecule has 1 aromatic carbocycles. The Morgan fingerprint density at radius 1 is 1.09 bits per heavy atom. The average Bonchev–Trinajstić information content (AvgIpc) is 2.83. The number of ether oxygens (including phenoxy) is 1. The summed E-state index contributed by atoms with van der Waals surface area (Å²) in [5.74, 6) is -0.835. The Bertz CT molecular complexity index is 846. The summed E-state index contributed by atoms with van der Waals surface area (Å²) in [5.41, 5.74) is 4.01. The lowest BCUT2D eigenvalue weighted by Gasteiger charge is -2.44. The zero-order valence-electron chi connectivity index (χ0n) is 19.1. The standard InChI is InChI=1S/C22H36N4O5S/c1-3-4-19-5-7-20(8-6-19)25-13-15-26(16-14-25)32(29,30)22(21(27)23-28)9-11-24(12-10-22)17-18-31-2/h5-8,28H,3-4,9-18H2,1-2H3,(H,23,27). The number of rotatable bonds is 9. The van der Waals surface area contributed by atoms with Crippen molar-refractivity contribution in [3.8, 4) is 0 Å². The largest absolute Gasteiger partial charge is 0.383 e. The molecule has 0 bridgehead atoms. The van der Waals surface area contributed by atoms with E-state index in [4.69, 9.17) is 4.74 Å². The molecule has 2 fully saturated rings. The first-order valence-electron chi connectivity index (χ1n) is 11.4. The average molecular weight is 469 g/mol. The molecule has 0 unspecified atom stereocenters. The van der Waals surface area contributed by atoms with Crippen molar-refractivity contribution >= 4 is 21.6 Å². The molecule has 2 aliphatic rings. The Hall–Kier alpha value is -1.72. The SMILES string of the molecule is CCCc1ccc(N2CCN(S(=O)(=O)C3(C(=O)NO)CCN(CCOC)CC3)CC2)cc1. The zero-order valence-corrected chi connectivity index (χ0v) is 19.9. The van der Waals surface area contributed by atoms with E-state index in [1.807, 2.05) is 0 Å². The van der Waals surface area contributed by atoms with E-state index < -0.39 is 20.7 Å². The number of hydrogen-bond donors (Lipinski definition) is 2. The monoisotopic (exact) mass is 468 g/mol. The predicted molar refractivity (Wildman–Crippen MR) is 123 cm³/mol. The van der Waals surface area contributed by atoms with Crippen LogP contribution >= 0.6 is 0 Å². The van der Waals surface area contributed by atoms with Crippen molar-refractivity contribution < 1.29 is 23.2 Å². The van der Waals surface area contributed by atoms with Gasteiger partial charge in [0.1, 0.15) is 0 Å². The summed E-state index contributed by atoms with van der Waals surface area (Å²) in [6, 6.07) is 8.43. The Morgan fingerprint density at radius 3 is 2.25 bits per heavy atom. The molecule has 0 atom stereocenters. The van der Waals surface area contributed by atoms with Crippen molar-refractivity contribution in [2.24, 2.45) is 0 Å². The highest BCUT2D eigenvalue weighted by Gasteiger charge is 2.55. The molecule has 9 nitrogen and oxygen atoms in total. The smallest absolute Gasteiger partial charge is 0.266 e. The van der Waals surface area contributed by atoms with Crippen LogP contribution in [0.3, 0.4) is 0 Å². The summed E-state index contributed by atoms with van der Waals surface area (Å²) in [5, 5.41) is 9.35. The van der Waals surface area contributed by atoms with Gasteiger partial charge < -0.3 is 14.5 Å². The summed E-state index contributed by atoms with van der Waals surface area (Å²) >= 11 is 0. The van der Waals surface area contributed by atoms with E-state index in [9.17, 15) is 18.4 Å². The maximum atomic E-state index is 13.6. The first-order chi connectivity index (χ1) is 15.4. The van der Waals surface area contributed by atoms with Gasteiger partial charge in [-0.15, -0.1) is 0 Å². The molecule has 32 heavy (non-hydrogen) atoms. The molecule has 2 aliphatic heterocycles. The highest BCUT2D eigenvalue weighted by molar-refractivity contribution is 7.91. The number of hydroxylamine groups is 1. The number of benzene rings is 1. The molecule has 10 heteroatoms. The highest BCUT2D eigenvalue weighted by atomic mass is 32.2. The minimum absolute atomic E-state index is 0.143. The van der Waals surface area contributed by atoms with Crippen molar-refractivity contribution in [1.82, 2.24) is 14.7 Å². The number of nitrogens with zero attached hydrogens (tertiary/aromatic N) is 3. The third-order valence-electron chi connectivity index (χ3n) is 6.70. The van der Waals surface area contributed by atoms with Gasteiger partial charge in [0.15, 0.2) is 4.75 Å². The van der Waals surface area contributed by atoms with Crippen molar-refractivity contribution in [3.05, 3.63) is 29.8 Å². The van der Waals surface area contributed by atoms with Gasteiger partial charge in [0, 0.05) is 58.6 Å². The molecule has 180 valence electrons. The second kappa shape index (κ2) is 10.9. The lowest BCUT2D eigenvalue weighted by molar-refractivity contribution is -0.133. The number of sulfonamides is 1. The highest BCUT2D eigenvalue weighted by Crippen LogP contribution is 2.34. The van der Waals surface area contributed by atoms with Crippen molar-refractivity contribution in [3.63, 3.8) is 0 Å². The lowest BCUT2D eigenvalue weighted by Crippen LogP contribution is -2.63. The Labute approximate surface area is 191 Å². The third-order valence-corrected chi connectivity index (χ3v) is 9.33. The van der Waals surface area contributed by atoms with Crippen LogP contribution < -0.4 is 10.4 Å². The first kappa shape index (κ1) is 24.9. The van der Waals surface area contributed by atoms with Gasteiger partial charge in [-0.2, -0.15) is 4.31 Å². The normalized spacial score (nSPS) is 20.3. The predicted octanol–water partition coefficient (Wildman–Crippen LogP) is 1.08. The minimum atomic E-state index is -3.94. The van der Waals surface area contributed by atoms with E-state index in [2.05, 4.69) is 41.0 Å². The third kappa shape index (κ3) is 5.09. The van der Waals surface area contributed by atoms with Crippen LogP contribution in [0, 0.1) is 0 Å². The van der Waals surface area contributed by atoms with Gasteiger partial charge in [-0.25, -0.2) is 13.9 Å². The van der Waals surface area contributed by atoms with Crippen LogP contribution in [0.2, 0.25) is 0 Å². The molecule has 2 heterocycles. The van der Waals surface area contributed by atoms with Gasteiger partial charge in [-0.1, -0.05) is 25.5 Å². The number of nitrogens with one attached hydrogen (secondary N) is 1. The number of carbonyl (C=O) groups is 1. The number of piperidine rings is 1. The number of carbonyl (C=O) groups excluding carboxylic acids is 1. The molecule has 2 N–H and O–H groups in total. The lowest BCUT2D eigenvalue weighted by atomic mass is 9.95. The Morgan fingerprint density at radius 2 is 1.72 bits per heavy atom. The first-order valence-corrected chi connectivity index (χ1v) is 12.8. The number of likely N-dealkylation sites (tertiary alicyclic amines) is 1. The molecule has 0 aromatic heterocycles. The van der Waals surface area contributed by atoms with Gasteiger partial charge in [-0.05, 0) is 37.0 Å². The summed E-state index contributed by atoms with van der Waals surface area (Å²) in [4.78, 5) is 16.9. The van der Waals surface area contributed by atoms with Crippen LogP contribution in [0.15, 0.2) is 24.3 Å².